The van der Waals surface area contributed by atoms with Crippen LogP contribution in [0, 0.1) is 16.7 Å². The maximum atomic E-state index is 12.9. The predicted octanol–water partition coefficient (Wildman–Crippen LogP) is 6.67. The van der Waals surface area contributed by atoms with E-state index in [9.17, 15) is 8.42 Å². The third-order valence-electron chi connectivity index (χ3n) is 5.83. The average Bonchev–Trinajstić information content (AvgIpc) is 2.76. The van der Waals surface area contributed by atoms with Gasteiger partial charge < -0.3 is 4.90 Å². The number of nitrogens with zero attached hydrogens (tertiary/aromatic N) is 2. The molecular formula is C26H38N2O3S. The van der Waals surface area contributed by atoms with Gasteiger partial charge >= 0.3 is 0 Å². The van der Waals surface area contributed by atoms with Gasteiger partial charge in [0.2, 0.25) is 0 Å². The number of anilines is 1. The van der Waals surface area contributed by atoms with E-state index in [0.29, 0.717) is 5.39 Å². The first-order chi connectivity index (χ1) is 15.2. The van der Waals surface area contributed by atoms with Crippen LogP contribution in [0.5, 0.6) is 0 Å². The molecule has 2 aromatic carbocycles. The molecule has 2 rings (SSSR count). The number of unbranched alkanes of at least 4 members (excludes halogenated alkanes) is 7. The Labute approximate surface area is 194 Å². The number of hydrogen-bond acceptors (Lipinski definition) is 5. The minimum atomic E-state index is -3.81. The summed E-state index contributed by atoms with van der Waals surface area (Å²) in [6.45, 7) is 4.21. The van der Waals surface area contributed by atoms with Crippen LogP contribution in [-0.2, 0) is 14.3 Å². The molecule has 0 N–H and O–H groups in total. The molecule has 0 aliphatic heterocycles. The highest BCUT2D eigenvalue weighted by molar-refractivity contribution is 7.87. The SMILES string of the molecule is CN(C)c1cccc2cccc(S(=O)(=O)OCCCCCCCCCCC(C)(C)C#N)c12. The Morgan fingerprint density at radius 3 is 2.06 bits per heavy atom. The average molecular weight is 459 g/mol. The Morgan fingerprint density at radius 2 is 1.47 bits per heavy atom. The molecule has 0 heterocycles. The van der Waals surface area contributed by atoms with E-state index in [2.05, 4.69) is 6.07 Å². The fourth-order valence-corrected chi connectivity index (χ4v) is 5.07. The number of fused-ring (bicyclic) bond motifs is 1. The monoisotopic (exact) mass is 458 g/mol. The molecule has 0 aliphatic carbocycles. The van der Waals surface area contributed by atoms with Crippen molar-refractivity contribution in [3.8, 4) is 6.07 Å². The zero-order valence-corrected chi connectivity index (χ0v) is 20.9. The lowest BCUT2D eigenvalue weighted by Gasteiger charge is -2.18. The second-order valence-electron chi connectivity index (χ2n) is 9.38. The molecule has 0 bridgehead atoms. The highest BCUT2D eigenvalue weighted by Gasteiger charge is 2.21. The maximum absolute atomic E-state index is 12.9. The van der Waals surface area contributed by atoms with Crippen molar-refractivity contribution in [1.82, 2.24) is 0 Å². The summed E-state index contributed by atoms with van der Waals surface area (Å²) in [5, 5.41) is 10.6. The minimum Gasteiger partial charge on any atom is -0.377 e. The van der Waals surface area contributed by atoms with Gasteiger partial charge in [-0.2, -0.15) is 13.7 Å². The molecule has 32 heavy (non-hydrogen) atoms. The van der Waals surface area contributed by atoms with Crippen LogP contribution >= 0.6 is 0 Å². The van der Waals surface area contributed by atoms with Crippen molar-refractivity contribution in [3.63, 3.8) is 0 Å². The molecule has 0 amide bonds. The Bertz CT molecular complexity index is 1000. The quantitative estimate of drug-likeness (QED) is 0.233. The lowest BCUT2D eigenvalue weighted by atomic mass is 9.88. The van der Waals surface area contributed by atoms with Crippen molar-refractivity contribution >= 4 is 26.6 Å². The molecule has 0 radical (unpaired) electrons. The first-order valence-corrected chi connectivity index (χ1v) is 13.1. The molecule has 2 aromatic rings. The van der Waals surface area contributed by atoms with Crippen molar-refractivity contribution in [3.05, 3.63) is 36.4 Å². The molecular weight excluding hydrogens is 420 g/mol. The number of hydrogen-bond donors (Lipinski definition) is 0. The van der Waals surface area contributed by atoms with E-state index < -0.39 is 10.1 Å². The number of rotatable bonds is 14. The molecule has 0 saturated heterocycles. The summed E-state index contributed by atoms with van der Waals surface area (Å²) in [6, 6.07) is 13.4. The summed E-state index contributed by atoms with van der Waals surface area (Å²) >= 11 is 0. The highest BCUT2D eigenvalue weighted by atomic mass is 32.2. The number of nitriles is 1. The fraction of sp³-hybridized carbons (Fsp3) is 0.577. The van der Waals surface area contributed by atoms with Crippen LogP contribution in [0.2, 0.25) is 0 Å². The van der Waals surface area contributed by atoms with Crippen molar-refractivity contribution in [2.24, 2.45) is 5.41 Å². The van der Waals surface area contributed by atoms with Crippen molar-refractivity contribution in [2.45, 2.75) is 76.5 Å². The molecule has 0 aromatic heterocycles. The largest absolute Gasteiger partial charge is 0.377 e. The molecule has 0 fully saturated rings. The van der Waals surface area contributed by atoms with Crippen LogP contribution in [0.25, 0.3) is 10.8 Å². The summed E-state index contributed by atoms with van der Waals surface area (Å²) < 4.78 is 31.2. The van der Waals surface area contributed by atoms with Gasteiger partial charge in [-0.3, -0.25) is 4.18 Å². The molecule has 0 unspecified atom stereocenters. The normalized spacial score (nSPS) is 12.1. The van der Waals surface area contributed by atoms with Crippen LogP contribution in [-0.4, -0.2) is 29.1 Å². The minimum absolute atomic E-state index is 0.208. The lowest BCUT2D eigenvalue weighted by molar-refractivity contribution is 0.306. The van der Waals surface area contributed by atoms with Crippen molar-refractivity contribution < 1.29 is 12.6 Å². The zero-order valence-electron chi connectivity index (χ0n) is 20.1. The van der Waals surface area contributed by atoms with E-state index in [1.807, 2.05) is 57.1 Å². The number of benzene rings is 2. The molecule has 0 atom stereocenters. The van der Waals surface area contributed by atoms with E-state index in [0.717, 1.165) is 49.6 Å². The van der Waals surface area contributed by atoms with Crippen LogP contribution in [0.4, 0.5) is 5.69 Å². The second-order valence-corrected chi connectivity index (χ2v) is 11.0. The maximum Gasteiger partial charge on any atom is 0.297 e. The zero-order chi connectivity index (χ0) is 23.6. The standard InChI is InChI=1S/C26H38N2O3S/c1-26(2,21-27)19-11-9-7-5-6-8-10-12-20-31-32(29,30)24-18-14-16-22-15-13-17-23(25(22)24)28(3)4/h13-18H,5-12,19-20H2,1-4H3. The first-order valence-electron chi connectivity index (χ1n) is 11.7. The van der Waals surface area contributed by atoms with Gasteiger partial charge in [0, 0.05) is 25.2 Å². The topological polar surface area (TPSA) is 70.4 Å². The van der Waals surface area contributed by atoms with Gasteiger partial charge in [-0.25, -0.2) is 0 Å². The first kappa shape index (κ1) is 26.2. The summed E-state index contributed by atoms with van der Waals surface area (Å²) in [6.07, 6.45) is 9.58. The van der Waals surface area contributed by atoms with Crippen molar-refractivity contribution in [2.75, 3.05) is 25.6 Å². The van der Waals surface area contributed by atoms with E-state index in [-0.39, 0.29) is 16.9 Å². The molecule has 5 nitrogen and oxygen atoms in total. The molecule has 176 valence electrons. The van der Waals surface area contributed by atoms with Gasteiger partial charge in [-0.15, -0.1) is 0 Å². The van der Waals surface area contributed by atoms with Crippen molar-refractivity contribution in [1.29, 1.82) is 5.26 Å². The van der Waals surface area contributed by atoms with Gasteiger partial charge in [0.15, 0.2) is 0 Å². The Kier molecular flexibility index (Phi) is 9.99. The summed E-state index contributed by atoms with van der Waals surface area (Å²) in [7, 11) is 0.00320. The Balaban J connectivity index is 1.74. The molecule has 6 heteroatoms. The summed E-state index contributed by atoms with van der Waals surface area (Å²) in [5.74, 6) is 0. The van der Waals surface area contributed by atoms with Gasteiger partial charge in [-0.05, 0) is 44.2 Å². The van der Waals surface area contributed by atoms with E-state index in [4.69, 9.17) is 9.44 Å². The van der Waals surface area contributed by atoms with Crippen LogP contribution < -0.4 is 4.90 Å². The van der Waals surface area contributed by atoms with E-state index in [1.165, 1.54) is 19.3 Å². The second kappa shape index (κ2) is 12.2. The van der Waals surface area contributed by atoms with Crippen LogP contribution in [0.15, 0.2) is 41.3 Å². The van der Waals surface area contributed by atoms with Gasteiger partial charge in [0.25, 0.3) is 10.1 Å². The van der Waals surface area contributed by atoms with Gasteiger partial charge in [0.1, 0.15) is 4.90 Å². The van der Waals surface area contributed by atoms with Crippen LogP contribution in [0.3, 0.4) is 0 Å². The fourth-order valence-electron chi connectivity index (χ4n) is 3.89. The van der Waals surface area contributed by atoms with E-state index >= 15 is 0 Å². The molecule has 0 aliphatic rings. The Hall–Kier alpha value is -2.10. The molecule has 0 saturated carbocycles. The smallest absolute Gasteiger partial charge is 0.297 e. The summed E-state index contributed by atoms with van der Waals surface area (Å²) in [4.78, 5) is 2.16. The van der Waals surface area contributed by atoms with E-state index in [1.54, 1.807) is 12.1 Å². The third-order valence-corrected chi connectivity index (χ3v) is 7.19. The van der Waals surface area contributed by atoms with Gasteiger partial charge in [0.05, 0.1) is 18.1 Å². The third kappa shape index (κ3) is 7.79. The Morgan fingerprint density at radius 1 is 0.906 bits per heavy atom. The lowest BCUT2D eigenvalue weighted by Crippen LogP contribution is -2.12. The van der Waals surface area contributed by atoms with Crippen LogP contribution in [0.1, 0.15) is 71.6 Å². The molecule has 0 spiro atoms. The predicted molar refractivity (Wildman–Crippen MR) is 132 cm³/mol. The highest BCUT2D eigenvalue weighted by Crippen LogP contribution is 2.32. The summed E-state index contributed by atoms with van der Waals surface area (Å²) in [5.41, 5.74) is 0.655. The van der Waals surface area contributed by atoms with Gasteiger partial charge in [-0.1, -0.05) is 69.2 Å².